The summed E-state index contributed by atoms with van der Waals surface area (Å²) < 4.78 is 3.77. The maximum Gasteiger partial charge on any atom is 0.263 e. The largest absolute Gasteiger partial charge is 0.341 e. The van der Waals surface area contributed by atoms with Crippen LogP contribution >= 0.6 is 0 Å². The van der Waals surface area contributed by atoms with E-state index in [0.29, 0.717) is 17.7 Å². The number of fused-ring (bicyclic) bond motifs is 3. The lowest BCUT2D eigenvalue weighted by atomic mass is 10.2. The smallest absolute Gasteiger partial charge is 0.263 e. The molecule has 1 aliphatic rings. The zero-order chi connectivity index (χ0) is 20.3. The fourth-order valence-corrected chi connectivity index (χ4v) is 4.24. The van der Waals surface area contributed by atoms with E-state index in [1.54, 1.807) is 4.57 Å². The quantitative estimate of drug-likeness (QED) is 0.518. The van der Waals surface area contributed by atoms with E-state index in [-0.39, 0.29) is 5.56 Å². The lowest BCUT2D eigenvalue weighted by Crippen LogP contribution is -2.28. The first-order valence-corrected chi connectivity index (χ1v) is 10.7. The number of benzene rings is 2. The van der Waals surface area contributed by atoms with E-state index in [1.165, 1.54) is 12.8 Å². The Morgan fingerprint density at radius 3 is 2.40 bits per heavy atom. The van der Waals surface area contributed by atoms with Crippen LogP contribution in [0.15, 0.2) is 65.5 Å². The first kappa shape index (κ1) is 18.6. The van der Waals surface area contributed by atoms with Crippen LogP contribution in [0.3, 0.4) is 0 Å². The Morgan fingerprint density at radius 2 is 1.60 bits per heavy atom. The van der Waals surface area contributed by atoms with Crippen molar-refractivity contribution in [1.82, 2.24) is 19.2 Å². The van der Waals surface area contributed by atoms with Gasteiger partial charge in [0.1, 0.15) is 0 Å². The highest BCUT2D eigenvalue weighted by Crippen LogP contribution is 2.22. The van der Waals surface area contributed by atoms with Crippen molar-refractivity contribution in [3.63, 3.8) is 0 Å². The molecule has 5 rings (SSSR count). The second-order valence-electron chi connectivity index (χ2n) is 7.78. The summed E-state index contributed by atoms with van der Waals surface area (Å²) in [6.07, 6.45) is 8.86. The van der Waals surface area contributed by atoms with Crippen LogP contribution in [0.4, 0.5) is 5.95 Å². The summed E-state index contributed by atoms with van der Waals surface area (Å²) in [5, 5.41) is 9.68. The zero-order valence-corrected chi connectivity index (χ0v) is 16.9. The highest BCUT2D eigenvalue weighted by atomic mass is 16.1. The van der Waals surface area contributed by atoms with Gasteiger partial charge in [0.25, 0.3) is 5.56 Å². The molecule has 0 unspecified atom stereocenters. The highest BCUT2D eigenvalue weighted by Gasteiger charge is 2.20. The first-order chi connectivity index (χ1) is 14.8. The van der Waals surface area contributed by atoms with Crippen LogP contribution < -0.4 is 10.5 Å². The van der Waals surface area contributed by atoms with Gasteiger partial charge in [0.15, 0.2) is 0 Å². The fraction of sp³-hybridized carbons (Fsp3) is 0.292. The molecule has 0 atom stereocenters. The van der Waals surface area contributed by atoms with Gasteiger partial charge in [0.2, 0.25) is 11.7 Å². The van der Waals surface area contributed by atoms with Gasteiger partial charge in [0, 0.05) is 19.6 Å². The minimum absolute atomic E-state index is 0.0365. The van der Waals surface area contributed by atoms with Gasteiger partial charge in [-0.1, -0.05) is 67.5 Å². The van der Waals surface area contributed by atoms with E-state index in [1.807, 2.05) is 66.7 Å². The summed E-state index contributed by atoms with van der Waals surface area (Å²) in [5.74, 6) is 1.43. The molecule has 0 bridgehead atoms. The molecular weight excluding hydrogens is 374 g/mol. The molecule has 0 saturated carbocycles. The van der Waals surface area contributed by atoms with Crippen molar-refractivity contribution in [3.8, 4) is 0 Å². The number of para-hydroxylation sites is 1. The van der Waals surface area contributed by atoms with Crippen LogP contribution in [0.25, 0.3) is 22.8 Å². The molecule has 3 heterocycles. The van der Waals surface area contributed by atoms with Crippen molar-refractivity contribution in [2.24, 2.45) is 0 Å². The number of rotatable bonds is 4. The van der Waals surface area contributed by atoms with Crippen LogP contribution in [0.2, 0.25) is 0 Å². The molecular formula is C24H25N5O. The van der Waals surface area contributed by atoms with Gasteiger partial charge < -0.3 is 4.90 Å². The average Bonchev–Trinajstić information content (AvgIpc) is 3.04. The predicted octanol–water partition coefficient (Wildman–Crippen LogP) is 4.14. The van der Waals surface area contributed by atoms with Crippen molar-refractivity contribution >= 4 is 28.7 Å². The Labute approximate surface area is 175 Å². The number of nitrogens with zero attached hydrogens (tertiary/aromatic N) is 5. The van der Waals surface area contributed by atoms with Crippen molar-refractivity contribution in [1.29, 1.82) is 0 Å². The Hall–Kier alpha value is -3.41. The molecule has 6 nitrogen and oxygen atoms in total. The summed E-state index contributed by atoms with van der Waals surface area (Å²) in [6.45, 7) is 2.39. The minimum Gasteiger partial charge on any atom is -0.341 e. The molecule has 152 valence electrons. The van der Waals surface area contributed by atoms with Crippen LogP contribution in [-0.4, -0.2) is 32.3 Å². The highest BCUT2D eigenvalue weighted by molar-refractivity contribution is 5.81. The molecule has 0 aliphatic carbocycles. The van der Waals surface area contributed by atoms with Crippen LogP contribution in [0, 0.1) is 0 Å². The normalized spacial score (nSPS) is 15.3. The summed E-state index contributed by atoms with van der Waals surface area (Å²) in [4.78, 5) is 15.6. The van der Waals surface area contributed by atoms with E-state index in [2.05, 4.69) is 19.5 Å². The molecule has 1 saturated heterocycles. The molecule has 6 heteroatoms. The first-order valence-electron chi connectivity index (χ1n) is 10.7. The SMILES string of the molecule is O=c1c2ccccc2n2c(N3CCCCCC3)nnc2n1CC=Cc1ccccc1. The molecule has 2 aromatic heterocycles. The van der Waals surface area contributed by atoms with Crippen LogP contribution in [0.5, 0.6) is 0 Å². The molecule has 4 aromatic rings. The summed E-state index contributed by atoms with van der Waals surface area (Å²) >= 11 is 0. The molecule has 0 N–H and O–H groups in total. The van der Waals surface area contributed by atoms with Crippen LogP contribution in [-0.2, 0) is 6.54 Å². The summed E-state index contributed by atoms with van der Waals surface area (Å²) in [5.41, 5.74) is 1.93. The number of hydrogen-bond donors (Lipinski definition) is 0. The molecule has 1 fully saturated rings. The maximum atomic E-state index is 13.3. The van der Waals surface area contributed by atoms with Crippen molar-refractivity contribution < 1.29 is 0 Å². The predicted molar refractivity (Wildman–Crippen MR) is 121 cm³/mol. The van der Waals surface area contributed by atoms with Gasteiger partial charge in [0.05, 0.1) is 10.9 Å². The van der Waals surface area contributed by atoms with E-state index >= 15 is 0 Å². The third-order valence-electron chi connectivity index (χ3n) is 5.78. The second kappa shape index (κ2) is 8.14. The third kappa shape index (κ3) is 3.38. The maximum absolute atomic E-state index is 13.3. The van der Waals surface area contributed by atoms with Gasteiger partial charge in [-0.25, -0.2) is 4.40 Å². The van der Waals surface area contributed by atoms with E-state index in [0.717, 1.165) is 43.0 Å². The Morgan fingerprint density at radius 1 is 0.867 bits per heavy atom. The molecule has 1 aliphatic heterocycles. The van der Waals surface area contributed by atoms with E-state index < -0.39 is 0 Å². The molecule has 2 aromatic carbocycles. The lowest BCUT2D eigenvalue weighted by Gasteiger charge is -2.20. The number of hydrogen-bond acceptors (Lipinski definition) is 4. The molecule has 30 heavy (non-hydrogen) atoms. The minimum atomic E-state index is -0.0365. The van der Waals surface area contributed by atoms with Crippen molar-refractivity contribution in [2.45, 2.75) is 32.2 Å². The second-order valence-corrected chi connectivity index (χ2v) is 7.78. The topological polar surface area (TPSA) is 55.4 Å². The zero-order valence-electron chi connectivity index (χ0n) is 16.9. The van der Waals surface area contributed by atoms with E-state index in [4.69, 9.17) is 0 Å². The molecule has 0 spiro atoms. The standard InChI is InChI=1S/C24H25N5O/c30-22-20-14-6-7-15-21(20)29-23(27-16-8-1-2-9-17-27)25-26-24(29)28(22)18-10-13-19-11-4-3-5-12-19/h3-7,10-15H,1-2,8-9,16-18H2. The number of allylic oxidation sites excluding steroid dienone is 1. The van der Waals surface area contributed by atoms with Gasteiger partial charge in [-0.15, -0.1) is 10.2 Å². The fourth-order valence-electron chi connectivity index (χ4n) is 4.24. The monoisotopic (exact) mass is 399 g/mol. The lowest BCUT2D eigenvalue weighted by molar-refractivity contribution is 0.726. The number of aromatic nitrogens is 4. The molecule has 0 amide bonds. The Kier molecular flexibility index (Phi) is 5.05. The van der Waals surface area contributed by atoms with Crippen LogP contribution in [0.1, 0.15) is 31.2 Å². The van der Waals surface area contributed by atoms with E-state index in [9.17, 15) is 4.79 Å². The average molecular weight is 399 g/mol. The van der Waals surface area contributed by atoms with Gasteiger partial charge in [-0.2, -0.15) is 0 Å². The molecule has 0 radical (unpaired) electrons. The Balaban J connectivity index is 1.64. The Bertz CT molecular complexity index is 1250. The van der Waals surface area contributed by atoms with Gasteiger partial charge in [-0.3, -0.25) is 9.36 Å². The van der Waals surface area contributed by atoms with Crippen molar-refractivity contribution in [2.75, 3.05) is 18.0 Å². The third-order valence-corrected chi connectivity index (χ3v) is 5.78. The van der Waals surface area contributed by atoms with Gasteiger partial charge in [-0.05, 0) is 30.5 Å². The number of anilines is 1. The summed E-state index contributed by atoms with van der Waals surface area (Å²) in [6, 6.07) is 17.9. The summed E-state index contributed by atoms with van der Waals surface area (Å²) in [7, 11) is 0. The van der Waals surface area contributed by atoms with Gasteiger partial charge >= 0.3 is 0 Å². The van der Waals surface area contributed by atoms with Crippen molar-refractivity contribution in [3.05, 3.63) is 76.6 Å².